The average molecular weight is 447 g/mol. The zero-order valence-corrected chi connectivity index (χ0v) is 18.2. The van der Waals surface area contributed by atoms with Crippen LogP contribution < -0.4 is 0 Å². The number of phenols is 1. The third kappa shape index (κ3) is 3.14. The van der Waals surface area contributed by atoms with E-state index in [1.807, 2.05) is 47.0 Å². The molecule has 0 radical (unpaired) electrons. The molecular formula is C27H21N5O2. The van der Waals surface area contributed by atoms with E-state index in [-0.39, 0.29) is 12.4 Å². The summed E-state index contributed by atoms with van der Waals surface area (Å²) < 4.78 is 3.69. The van der Waals surface area contributed by atoms with Crippen LogP contribution in [0.4, 0.5) is 0 Å². The van der Waals surface area contributed by atoms with E-state index in [9.17, 15) is 10.2 Å². The molecule has 0 aliphatic rings. The molecule has 7 heteroatoms. The van der Waals surface area contributed by atoms with Gasteiger partial charge in [0, 0.05) is 12.1 Å². The van der Waals surface area contributed by atoms with Crippen LogP contribution in [-0.4, -0.2) is 41.0 Å². The fraction of sp³-hybridized carbons (Fsp3) is 0.0741. The number of phenolic OH excluding ortho intramolecular Hbond substituents is 1. The Balaban J connectivity index is 1.76. The monoisotopic (exact) mass is 447 g/mol. The lowest BCUT2D eigenvalue weighted by Gasteiger charge is -2.11. The molecule has 0 saturated carbocycles. The Morgan fingerprint density at radius 2 is 1.44 bits per heavy atom. The van der Waals surface area contributed by atoms with Crippen LogP contribution >= 0.6 is 0 Å². The number of aliphatic hydroxyl groups is 1. The second kappa shape index (κ2) is 8.13. The van der Waals surface area contributed by atoms with E-state index < -0.39 is 0 Å². The molecule has 3 heterocycles. The molecule has 3 aromatic heterocycles. The molecule has 0 fully saturated rings. The maximum absolute atomic E-state index is 10.4. The van der Waals surface area contributed by atoms with Gasteiger partial charge < -0.3 is 14.8 Å². The highest BCUT2D eigenvalue weighted by molar-refractivity contribution is 6.09. The van der Waals surface area contributed by atoms with E-state index >= 15 is 0 Å². The minimum absolute atomic E-state index is 0.0273. The average Bonchev–Trinajstić information content (AvgIpc) is 3.45. The zero-order chi connectivity index (χ0) is 23.1. The summed E-state index contributed by atoms with van der Waals surface area (Å²) in [6.45, 7) is 0.359. The van der Waals surface area contributed by atoms with E-state index in [0.29, 0.717) is 23.6 Å². The Labute approximate surface area is 195 Å². The topological polar surface area (TPSA) is 88.5 Å². The molecule has 34 heavy (non-hydrogen) atoms. The molecule has 166 valence electrons. The van der Waals surface area contributed by atoms with Crippen molar-refractivity contribution in [2.45, 2.75) is 6.54 Å². The van der Waals surface area contributed by atoms with Gasteiger partial charge in [-0.1, -0.05) is 72.8 Å². The number of para-hydroxylation sites is 1. The number of rotatable bonds is 5. The first kappa shape index (κ1) is 20.1. The van der Waals surface area contributed by atoms with E-state index in [1.165, 1.54) is 0 Å². The van der Waals surface area contributed by atoms with E-state index in [4.69, 9.17) is 9.97 Å². The molecule has 0 aliphatic heterocycles. The SMILES string of the molecule is OCCn1c(-c2ccccc2)c(-c2ccccc2)c2c1ncn1nc(-c3ccccc3O)nc21. The molecule has 0 aliphatic carbocycles. The summed E-state index contributed by atoms with van der Waals surface area (Å²) in [5.74, 6) is 0.538. The minimum Gasteiger partial charge on any atom is -0.507 e. The van der Waals surface area contributed by atoms with Crippen molar-refractivity contribution in [2.75, 3.05) is 6.61 Å². The van der Waals surface area contributed by atoms with Gasteiger partial charge in [0.25, 0.3) is 0 Å². The number of hydrogen-bond donors (Lipinski definition) is 2. The Morgan fingerprint density at radius 1 is 0.765 bits per heavy atom. The third-order valence-electron chi connectivity index (χ3n) is 5.96. The fourth-order valence-corrected chi connectivity index (χ4v) is 4.51. The lowest BCUT2D eigenvalue weighted by Crippen LogP contribution is -2.05. The molecular weight excluding hydrogens is 426 g/mol. The van der Waals surface area contributed by atoms with Gasteiger partial charge in [-0.05, 0) is 23.3 Å². The molecule has 2 N–H and O–H groups in total. The zero-order valence-electron chi connectivity index (χ0n) is 18.2. The molecule has 0 unspecified atom stereocenters. The van der Waals surface area contributed by atoms with Gasteiger partial charge in [-0.25, -0.2) is 14.5 Å². The van der Waals surface area contributed by atoms with Gasteiger partial charge in [0.15, 0.2) is 11.5 Å². The predicted molar refractivity (Wildman–Crippen MR) is 131 cm³/mol. The molecule has 0 spiro atoms. The molecule has 6 rings (SSSR count). The van der Waals surface area contributed by atoms with Crippen molar-refractivity contribution >= 4 is 16.7 Å². The highest BCUT2D eigenvalue weighted by Gasteiger charge is 2.25. The van der Waals surface area contributed by atoms with Crippen LogP contribution in [-0.2, 0) is 6.54 Å². The van der Waals surface area contributed by atoms with Gasteiger partial charge in [0.2, 0.25) is 0 Å². The highest BCUT2D eigenvalue weighted by atomic mass is 16.3. The molecule has 0 atom stereocenters. The summed E-state index contributed by atoms with van der Waals surface area (Å²) >= 11 is 0. The Morgan fingerprint density at radius 3 is 2.15 bits per heavy atom. The molecule has 0 bridgehead atoms. The number of hydrogen-bond acceptors (Lipinski definition) is 5. The molecule has 3 aromatic carbocycles. The molecule has 6 aromatic rings. The van der Waals surface area contributed by atoms with Crippen molar-refractivity contribution in [1.29, 1.82) is 0 Å². The third-order valence-corrected chi connectivity index (χ3v) is 5.96. The van der Waals surface area contributed by atoms with Crippen molar-refractivity contribution in [3.63, 3.8) is 0 Å². The second-order valence-electron chi connectivity index (χ2n) is 7.99. The summed E-state index contributed by atoms with van der Waals surface area (Å²) in [5.41, 5.74) is 5.88. The summed E-state index contributed by atoms with van der Waals surface area (Å²) in [7, 11) is 0. The number of aromatic nitrogens is 5. The lowest BCUT2D eigenvalue weighted by atomic mass is 9.99. The van der Waals surface area contributed by atoms with Gasteiger partial charge in [0.05, 0.1) is 23.3 Å². The molecule has 0 amide bonds. The summed E-state index contributed by atoms with van der Waals surface area (Å²) in [6, 6.07) is 27.2. The van der Waals surface area contributed by atoms with Crippen molar-refractivity contribution in [3.05, 3.63) is 91.3 Å². The van der Waals surface area contributed by atoms with Gasteiger partial charge in [-0.3, -0.25) is 0 Å². The van der Waals surface area contributed by atoms with Crippen LogP contribution in [0.2, 0.25) is 0 Å². The smallest absolute Gasteiger partial charge is 0.185 e. The Bertz CT molecular complexity index is 1620. The number of nitrogens with zero attached hydrogens (tertiary/aromatic N) is 5. The van der Waals surface area contributed by atoms with E-state index in [2.05, 4.69) is 29.4 Å². The summed E-state index contributed by atoms with van der Waals surface area (Å²) in [6.07, 6.45) is 1.63. The van der Waals surface area contributed by atoms with Crippen molar-refractivity contribution in [1.82, 2.24) is 24.1 Å². The molecule has 7 nitrogen and oxygen atoms in total. The number of aromatic hydroxyl groups is 1. The fourth-order valence-electron chi connectivity index (χ4n) is 4.51. The summed E-state index contributed by atoms with van der Waals surface area (Å²) in [5, 5.41) is 25.7. The normalized spacial score (nSPS) is 11.4. The predicted octanol–water partition coefficient (Wildman–Crippen LogP) is 4.78. The van der Waals surface area contributed by atoms with E-state index in [1.54, 1.807) is 29.0 Å². The maximum atomic E-state index is 10.4. The first-order valence-corrected chi connectivity index (χ1v) is 11.0. The quantitative estimate of drug-likeness (QED) is 0.397. The van der Waals surface area contributed by atoms with Crippen molar-refractivity contribution < 1.29 is 10.2 Å². The maximum Gasteiger partial charge on any atom is 0.185 e. The van der Waals surface area contributed by atoms with Gasteiger partial charge in [-0.2, -0.15) is 0 Å². The van der Waals surface area contributed by atoms with Crippen LogP contribution in [0.15, 0.2) is 91.3 Å². The van der Waals surface area contributed by atoms with Crippen LogP contribution in [0.1, 0.15) is 0 Å². The van der Waals surface area contributed by atoms with Crippen LogP contribution in [0.5, 0.6) is 5.75 Å². The van der Waals surface area contributed by atoms with Crippen LogP contribution in [0.3, 0.4) is 0 Å². The Kier molecular flexibility index (Phi) is 4.82. The number of aliphatic hydroxyl groups excluding tert-OH is 1. The molecule has 0 saturated heterocycles. The van der Waals surface area contributed by atoms with Gasteiger partial charge in [0.1, 0.15) is 17.7 Å². The second-order valence-corrected chi connectivity index (χ2v) is 7.99. The first-order chi connectivity index (χ1) is 16.8. The van der Waals surface area contributed by atoms with Crippen molar-refractivity contribution in [3.8, 4) is 39.5 Å². The standard InChI is InChI=1S/C27H21N5O2/c33-16-15-31-24(19-11-5-2-6-12-19)22(18-9-3-1-4-10-18)23-26(31)28-17-32-27(23)29-25(30-32)20-13-7-8-14-21(20)34/h1-14,17,33-34H,15-16H2. The number of benzene rings is 3. The first-order valence-electron chi connectivity index (χ1n) is 11.0. The van der Waals surface area contributed by atoms with E-state index in [0.717, 1.165) is 33.4 Å². The summed E-state index contributed by atoms with van der Waals surface area (Å²) in [4.78, 5) is 9.58. The highest BCUT2D eigenvalue weighted by Crippen LogP contribution is 2.42. The van der Waals surface area contributed by atoms with Crippen molar-refractivity contribution in [2.24, 2.45) is 0 Å². The minimum atomic E-state index is -0.0273. The Hall–Kier alpha value is -4.49. The van der Waals surface area contributed by atoms with Crippen LogP contribution in [0, 0.1) is 0 Å². The largest absolute Gasteiger partial charge is 0.507 e. The van der Waals surface area contributed by atoms with Crippen LogP contribution in [0.25, 0.3) is 50.5 Å². The van der Waals surface area contributed by atoms with Gasteiger partial charge >= 0.3 is 0 Å². The lowest BCUT2D eigenvalue weighted by molar-refractivity contribution is 0.278. The van der Waals surface area contributed by atoms with Gasteiger partial charge in [-0.15, -0.1) is 5.10 Å². The number of fused-ring (bicyclic) bond motifs is 3.